The van der Waals surface area contributed by atoms with Crippen molar-refractivity contribution in [3.8, 4) is 0 Å². The Morgan fingerprint density at radius 2 is 1.85 bits per heavy atom. The number of aliphatic hydroxyl groups is 1. The van der Waals surface area contributed by atoms with Crippen molar-refractivity contribution in [1.82, 2.24) is 20.2 Å². The number of carbonyl (C=O) groups excluding carboxylic acids is 1. The monoisotopic (exact) mass is 370 g/mol. The van der Waals surface area contributed by atoms with Gasteiger partial charge in [0, 0.05) is 39.0 Å². The van der Waals surface area contributed by atoms with Crippen molar-refractivity contribution in [2.24, 2.45) is 7.05 Å². The highest BCUT2D eigenvalue weighted by molar-refractivity contribution is 5.73. The highest BCUT2D eigenvalue weighted by Gasteiger charge is 2.57. The molecule has 0 saturated carbocycles. The van der Waals surface area contributed by atoms with Gasteiger partial charge >= 0.3 is 12.2 Å². The number of hydrogen-bond acceptors (Lipinski definition) is 3. The average Bonchev–Trinajstić information content (AvgIpc) is 3.01. The Morgan fingerprint density at radius 1 is 1.19 bits per heavy atom. The number of urea groups is 1. The molecule has 0 aliphatic carbocycles. The molecule has 0 fully saturated rings. The maximum Gasteiger partial charge on any atom is 0.424 e. The zero-order chi connectivity index (χ0) is 19.2. The van der Waals surface area contributed by atoms with Crippen LogP contribution >= 0.6 is 0 Å². The summed E-state index contributed by atoms with van der Waals surface area (Å²) in [4.78, 5) is 15.3. The van der Waals surface area contributed by atoms with Crippen LogP contribution in [-0.4, -0.2) is 40.0 Å². The Balaban J connectivity index is 1.84. The number of nitrogens with zero attached hydrogens (tertiary/aromatic N) is 2. The Bertz CT molecular complexity index is 718. The number of benzene rings is 1. The molecule has 0 saturated heterocycles. The molecule has 1 unspecified atom stereocenters. The minimum Gasteiger partial charge on any atom is -0.374 e. The summed E-state index contributed by atoms with van der Waals surface area (Å²) in [6.45, 7) is -0.0151. The predicted octanol–water partition coefficient (Wildman–Crippen LogP) is 2.10. The Kier molecular flexibility index (Phi) is 6.25. The first kappa shape index (κ1) is 19.8. The van der Waals surface area contributed by atoms with Crippen LogP contribution in [-0.2, 0) is 19.1 Å². The number of amides is 2. The summed E-state index contributed by atoms with van der Waals surface area (Å²) >= 11 is 0. The molecule has 1 aromatic carbocycles. The van der Waals surface area contributed by atoms with Gasteiger partial charge in [-0.25, -0.2) is 9.78 Å². The van der Waals surface area contributed by atoms with Crippen LogP contribution in [0.15, 0.2) is 42.7 Å². The average molecular weight is 370 g/mol. The summed E-state index contributed by atoms with van der Waals surface area (Å²) in [5.41, 5.74) is -2.10. The number of alkyl halides is 3. The lowest BCUT2D eigenvalue weighted by atomic mass is 9.97. The fraction of sp³-hybridized carbons (Fsp3) is 0.412. The summed E-state index contributed by atoms with van der Waals surface area (Å²) < 4.78 is 41.1. The number of halogens is 3. The molecule has 1 heterocycles. The molecule has 1 atom stereocenters. The topological polar surface area (TPSA) is 79.2 Å². The van der Waals surface area contributed by atoms with Crippen LogP contribution in [0.4, 0.5) is 18.0 Å². The van der Waals surface area contributed by atoms with Crippen molar-refractivity contribution in [2.45, 2.75) is 24.6 Å². The highest BCUT2D eigenvalue weighted by Crippen LogP contribution is 2.40. The van der Waals surface area contributed by atoms with E-state index in [-0.39, 0.29) is 6.54 Å². The van der Waals surface area contributed by atoms with Crippen LogP contribution in [0.3, 0.4) is 0 Å². The van der Waals surface area contributed by atoms with Crippen molar-refractivity contribution in [3.05, 3.63) is 54.1 Å². The molecule has 6 nitrogen and oxygen atoms in total. The first-order valence-electron chi connectivity index (χ1n) is 8.06. The van der Waals surface area contributed by atoms with E-state index < -0.39 is 30.1 Å². The molecule has 2 aromatic rings. The normalized spacial score (nSPS) is 13.9. The van der Waals surface area contributed by atoms with Gasteiger partial charge in [-0.2, -0.15) is 13.2 Å². The van der Waals surface area contributed by atoms with E-state index in [1.807, 2.05) is 30.3 Å². The Morgan fingerprint density at radius 3 is 2.42 bits per heavy atom. The summed E-state index contributed by atoms with van der Waals surface area (Å²) in [5, 5.41) is 15.0. The first-order chi connectivity index (χ1) is 12.2. The van der Waals surface area contributed by atoms with Crippen LogP contribution in [0.1, 0.15) is 17.8 Å². The molecule has 9 heteroatoms. The third kappa shape index (κ3) is 4.75. The second-order valence-electron chi connectivity index (χ2n) is 5.89. The summed E-state index contributed by atoms with van der Waals surface area (Å²) in [6, 6.07) is 8.87. The van der Waals surface area contributed by atoms with Gasteiger partial charge in [-0.15, -0.1) is 0 Å². The molecule has 26 heavy (non-hydrogen) atoms. The van der Waals surface area contributed by atoms with Crippen LogP contribution in [0.25, 0.3) is 0 Å². The zero-order valence-electron chi connectivity index (χ0n) is 14.3. The zero-order valence-corrected chi connectivity index (χ0v) is 14.3. The molecule has 0 aliphatic rings. The summed E-state index contributed by atoms with van der Waals surface area (Å²) in [6.07, 6.45) is -2.56. The van der Waals surface area contributed by atoms with Crippen molar-refractivity contribution in [1.29, 1.82) is 0 Å². The van der Waals surface area contributed by atoms with Gasteiger partial charge in [0.2, 0.25) is 5.60 Å². The molecule has 3 N–H and O–H groups in total. The first-order valence-corrected chi connectivity index (χ1v) is 8.06. The highest BCUT2D eigenvalue weighted by atomic mass is 19.4. The molecule has 0 aliphatic heterocycles. The maximum atomic E-state index is 13.3. The fourth-order valence-corrected chi connectivity index (χ4v) is 2.53. The molecule has 0 radical (unpaired) electrons. The van der Waals surface area contributed by atoms with Crippen LogP contribution in [0.5, 0.6) is 0 Å². The lowest BCUT2D eigenvalue weighted by molar-refractivity contribution is -0.272. The summed E-state index contributed by atoms with van der Waals surface area (Å²) in [7, 11) is 1.36. The van der Waals surface area contributed by atoms with Gasteiger partial charge in [0.1, 0.15) is 5.82 Å². The van der Waals surface area contributed by atoms with E-state index in [0.717, 1.165) is 10.1 Å². The Hall–Kier alpha value is -2.55. The van der Waals surface area contributed by atoms with E-state index in [9.17, 15) is 23.1 Å². The van der Waals surface area contributed by atoms with E-state index in [0.29, 0.717) is 13.0 Å². The van der Waals surface area contributed by atoms with Gasteiger partial charge in [-0.1, -0.05) is 30.3 Å². The van der Waals surface area contributed by atoms with E-state index in [2.05, 4.69) is 15.6 Å². The number of aryl methyl sites for hydroxylation is 1. The third-order valence-corrected chi connectivity index (χ3v) is 3.97. The van der Waals surface area contributed by atoms with Gasteiger partial charge in [0.15, 0.2) is 0 Å². The fourth-order valence-electron chi connectivity index (χ4n) is 2.53. The van der Waals surface area contributed by atoms with Crippen molar-refractivity contribution >= 4 is 6.03 Å². The number of hydrogen-bond donors (Lipinski definition) is 3. The van der Waals surface area contributed by atoms with Crippen LogP contribution in [0.2, 0.25) is 0 Å². The van der Waals surface area contributed by atoms with E-state index in [1.165, 1.54) is 19.4 Å². The number of carbonyl (C=O) groups is 1. The molecular formula is C17H21F3N4O2. The van der Waals surface area contributed by atoms with Gasteiger partial charge in [0.25, 0.3) is 0 Å². The molecule has 142 valence electrons. The van der Waals surface area contributed by atoms with Crippen molar-refractivity contribution < 1.29 is 23.1 Å². The maximum absolute atomic E-state index is 13.3. The van der Waals surface area contributed by atoms with Gasteiger partial charge in [-0.3, -0.25) is 0 Å². The quantitative estimate of drug-likeness (QED) is 0.698. The van der Waals surface area contributed by atoms with Crippen LogP contribution < -0.4 is 10.6 Å². The number of aromatic nitrogens is 2. The Labute approximate surface area is 149 Å². The molecule has 0 bridgehead atoms. The molecule has 1 aromatic heterocycles. The minimum atomic E-state index is -4.92. The lowest BCUT2D eigenvalue weighted by Gasteiger charge is -2.29. The van der Waals surface area contributed by atoms with Gasteiger partial charge in [-0.05, 0) is 12.0 Å². The largest absolute Gasteiger partial charge is 0.424 e. The van der Waals surface area contributed by atoms with E-state index >= 15 is 0 Å². The van der Waals surface area contributed by atoms with E-state index in [4.69, 9.17) is 0 Å². The van der Waals surface area contributed by atoms with E-state index in [1.54, 1.807) is 0 Å². The molecule has 0 spiro atoms. The second-order valence-corrected chi connectivity index (χ2v) is 5.89. The SMILES string of the molecule is Cn1ccnc1C(O)(CCNC(=O)NCCc1ccccc1)C(F)(F)F. The third-order valence-electron chi connectivity index (χ3n) is 3.97. The predicted molar refractivity (Wildman–Crippen MR) is 89.3 cm³/mol. The van der Waals surface area contributed by atoms with Crippen molar-refractivity contribution in [2.75, 3.05) is 13.1 Å². The molecule has 2 rings (SSSR count). The second kappa shape index (κ2) is 8.22. The standard InChI is InChI=1S/C17H21F3N4O2/c1-24-12-11-21-14(24)16(26,17(18,19)20)8-10-23-15(25)22-9-7-13-5-3-2-4-6-13/h2-6,11-12,26H,7-10H2,1H3,(H2,22,23,25). The van der Waals surface area contributed by atoms with Gasteiger partial charge in [0.05, 0.1) is 0 Å². The van der Waals surface area contributed by atoms with Gasteiger partial charge < -0.3 is 20.3 Å². The number of imidazole rings is 1. The smallest absolute Gasteiger partial charge is 0.374 e. The number of rotatable bonds is 7. The minimum absolute atomic E-state index is 0.346. The van der Waals surface area contributed by atoms with Crippen LogP contribution in [0, 0.1) is 0 Å². The van der Waals surface area contributed by atoms with Crippen molar-refractivity contribution in [3.63, 3.8) is 0 Å². The summed E-state index contributed by atoms with van der Waals surface area (Å²) in [5.74, 6) is -0.517. The lowest BCUT2D eigenvalue weighted by Crippen LogP contribution is -2.47. The number of nitrogens with one attached hydrogen (secondary N) is 2. The molecule has 2 amide bonds. The molecular weight excluding hydrogens is 349 g/mol.